The average molecular weight is 295 g/mol. The molecule has 1 heterocycles. The van der Waals surface area contributed by atoms with Crippen LogP contribution < -0.4 is 0 Å². The number of rotatable bonds is 7. The van der Waals surface area contributed by atoms with E-state index in [1.54, 1.807) is 6.20 Å². The van der Waals surface area contributed by atoms with E-state index < -0.39 is 0 Å². The number of carbonyl (C=O) groups excluding carboxylic acids is 1. The molecule has 0 aliphatic heterocycles. The van der Waals surface area contributed by atoms with Crippen LogP contribution >= 0.6 is 0 Å². The smallest absolute Gasteiger partial charge is 0.165 e. The maximum absolute atomic E-state index is 12.3. The Morgan fingerprint density at radius 1 is 1.18 bits per heavy atom. The summed E-state index contributed by atoms with van der Waals surface area (Å²) in [7, 11) is 0. The third-order valence-electron chi connectivity index (χ3n) is 3.31. The van der Waals surface area contributed by atoms with Gasteiger partial charge in [0.1, 0.15) is 0 Å². The molecule has 0 amide bonds. The quantitative estimate of drug-likeness (QED) is 0.720. The number of pyridine rings is 1. The van der Waals surface area contributed by atoms with Gasteiger partial charge in [0, 0.05) is 23.8 Å². The molecular formula is C19H21NO2. The van der Waals surface area contributed by atoms with Crippen LogP contribution in [0, 0.1) is 0 Å². The molecule has 0 saturated carbocycles. The third-order valence-corrected chi connectivity index (χ3v) is 3.31. The van der Waals surface area contributed by atoms with Crippen molar-refractivity contribution in [3.8, 4) is 11.3 Å². The fourth-order valence-electron chi connectivity index (χ4n) is 2.18. The van der Waals surface area contributed by atoms with E-state index in [9.17, 15) is 4.79 Å². The Morgan fingerprint density at radius 2 is 1.91 bits per heavy atom. The van der Waals surface area contributed by atoms with Gasteiger partial charge < -0.3 is 4.74 Å². The lowest BCUT2D eigenvalue weighted by atomic mass is 9.95. The average Bonchev–Trinajstić information content (AvgIpc) is 2.54. The largest absolute Gasteiger partial charge is 0.378 e. The second kappa shape index (κ2) is 7.66. The van der Waals surface area contributed by atoms with Crippen molar-refractivity contribution in [3.05, 3.63) is 60.8 Å². The molecule has 3 nitrogen and oxygen atoms in total. The number of allylic oxidation sites excluding steroid dienone is 1. The molecule has 114 valence electrons. The van der Waals surface area contributed by atoms with E-state index >= 15 is 0 Å². The zero-order valence-electron chi connectivity index (χ0n) is 13.1. The first-order chi connectivity index (χ1) is 10.6. The van der Waals surface area contributed by atoms with E-state index in [1.807, 2.05) is 56.3 Å². The van der Waals surface area contributed by atoms with Gasteiger partial charge in [-0.25, -0.2) is 0 Å². The number of benzene rings is 1. The molecule has 1 aromatic carbocycles. The van der Waals surface area contributed by atoms with Crippen LogP contribution in [-0.2, 0) is 9.53 Å². The van der Waals surface area contributed by atoms with Gasteiger partial charge in [-0.2, -0.15) is 0 Å². The number of ether oxygens (including phenoxy) is 1. The maximum atomic E-state index is 12.3. The molecule has 0 saturated heterocycles. The number of hydrogen-bond donors (Lipinski definition) is 0. The highest BCUT2D eigenvalue weighted by Gasteiger charge is 2.14. The van der Waals surface area contributed by atoms with Gasteiger partial charge in [-0.05, 0) is 31.5 Å². The van der Waals surface area contributed by atoms with Crippen molar-refractivity contribution in [2.45, 2.75) is 26.4 Å². The molecule has 0 radical (unpaired) electrons. The topological polar surface area (TPSA) is 39.2 Å². The van der Waals surface area contributed by atoms with Crippen LogP contribution in [0.3, 0.4) is 0 Å². The van der Waals surface area contributed by atoms with Crippen molar-refractivity contribution in [2.24, 2.45) is 0 Å². The lowest BCUT2D eigenvalue weighted by Gasteiger charge is -2.12. The normalized spacial score (nSPS) is 10.7. The van der Waals surface area contributed by atoms with E-state index in [1.165, 1.54) is 0 Å². The molecule has 3 heteroatoms. The molecule has 0 N–H and O–H groups in total. The molecule has 0 unspecified atom stereocenters. The molecule has 0 aliphatic carbocycles. The Kier molecular flexibility index (Phi) is 5.61. The van der Waals surface area contributed by atoms with E-state index in [-0.39, 0.29) is 11.9 Å². The minimum Gasteiger partial charge on any atom is -0.378 e. The van der Waals surface area contributed by atoms with Gasteiger partial charge in [-0.15, -0.1) is 0 Å². The number of carbonyl (C=O) groups is 1. The summed E-state index contributed by atoms with van der Waals surface area (Å²) in [6.07, 6.45) is 2.21. The van der Waals surface area contributed by atoms with Crippen LogP contribution in [0.4, 0.5) is 0 Å². The second-order valence-electron chi connectivity index (χ2n) is 5.33. The summed E-state index contributed by atoms with van der Waals surface area (Å²) in [4.78, 5) is 16.7. The summed E-state index contributed by atoms with van der Waals surface area (Å²) in [5.41, 5.74) is 3.10. The molecule has 2 aromatic rings. The Labute approximate surface area is 131 Å². The van der Waals surface area contributed by atoms with Crippen LogP contribution in [0.5, 0.6) is 0 Å². The number of aromatic nitrogens is 1. The van der Waals surface area contributed by atoms with E-state index in [4.69, 9.17) is 4.74 Å². The molecule has 2 rings (SSSR count). The van der Waals surface area contributed by atoms with Gasteiger partial charge in [-0.1, -0.05) is 36.9 Å². The zero-order valence-corrected chi connectivity index (χ0v) is 13.1. The summed E-state index contributed by atoms with van der Waals surface area (Å²) in [5, 5.41) is 0. The van der Waals surface area contributed by atoms with E-state index in [0.717, 1.165) is 16.8 Å². The second-order valence-corrected chi connectivity index (χ2v) is 5.33. The summed E-state index contributed by atoms with van der Waals surface area (Å²) in [6, 6.07) is 13.4. The van der Waals surface area contributed by atoms with Gasteiger partial charge in [-0.3, -0.25) is 9.78 Å². The number of hydrogen-bond acceptors (Lipinski definition) is 3. The Hall–Kier alpha value is -2.26. The van der Waals surface area contributed by atoms with Gasteiger partial charge in [0.2, 0.25) is 0 Å². The molecular weight excluding hydrogens is 274 g/mol. The van der Waals surface area contributed by atoms with Crippen molar-refractivity contribution < 1.29 is 9.53 Å². The Bertz CT molecular complexity index is 647. The molecule has 0 spiro atoms. The van der Waals surface area contributed by atoms with Crippen LogP contribution in [0.15, 0.2) is 55.2 Å². The Morgan fingerprint density at radius 3 is 2.59 bits per heavy atom. The molecule has 22 heavy (non-hydrogen) atoms. The highest BCUT2D eigenvalue weighted by atomic mass is 16.5. The SMILES string of the molecule is C=C(C(=O)CCOC(C)C)c1ccccc1-c1ccccn1. The summed E-state index contributed by atoms with van der Waals surface area (Å²) in [5.74, 6) is 0.00373. The maximum Gasteiger partial charge on any atom is 0.165 e. The number of ketones is 1. The third kappa shape index (κ3) is 4.12. The molecule has 0 bridgehead atoms. The Balaban J connectivity index is 2.18. The first-order valence-corrected chi connectivity index (χ1v) is 7.44. The lowest BCUT2D eigenvalue weighted by Crippen LogP contribution is -2.10. The standard InChI is InChI=1S/C19H21NO2/c1-14(2)22-13-11-19(21)15(3)16-8-4-5-9-17(16)18-10-6-7-12-20-18/h4-10,12,14H,3,11,13H2,1-2H3. The van der Waals surface area contributed by atoms with Gasteiger partial charge in [0.25, 0.3) is 0 Å². The fourth-order valence-corrected chi connectivity index (χ4v) is 2.18. The minimum absolute atomic E-state index is 0.00373. The molecule has 0 aliphatic rings. The zero-order chi connectivity index (χ0) is 15.9. The van der Waals surface area contributed by atoms with Crippen molar-refractivity contribution in [3.63, 3.8) is 0 Å². The molecule has 0 atom stereocenters. The lowest BCUT2D eigenvalue weighted by molar-refractivity contribution is -0.115. The summed E-state index contributed by atoms with van der Waals surface area (Å²) < 4.78 is 5.44. The van der Waals surface area contributed by atoms with Crippen LogP contribution in [0.25, 0.3) is 16.8 Å². The molecule has 0 fully saturated rings. The van der Waals surface area contributed by atoms with Crippen molar-refractivity contribution in [1.29, 1.82) is 0 Å². The van der Waals surface area contributed by atoms with Crippen molar-refractivity contribution in [2.75, 3.05) is 6.61 Å². The first-order valence-electron chi connectivity index (χ1n) is 7.44. The predicted octanol–water partition coefficient (Wildman–Crippen LogP) is 4.15. The van der Waals surface area contributed by atoms with Gasteiger partial charge in [0.15, 0.2) is 5.78 Å². The van der Waals surface area contributed by atoms with Crippen LogP contribution in [0.2, 0.25) is 0 Å². The van der Waals surface area contributed by atoms with E-state index in [2.05, 4.69) is 11.6 Å². The van der Waals surface area contributed by atoms with Crippen molar-refractivity contribution in [1.82, 2.24) is 4.98 Å². The number of Topliss-reactive ketones (excluding diaryl/α,β-unsaturated/α-hetero) is 1. The number of nitrogens with zero attached hydrogens (tertiary/aromatic N) is 1. The highest BCUT2D eigenvalue weighted by molar-refractivity contribution is 6.21. The summed E-state index contributed by atoms with van der Waals surface area (Å²) in [6.45, 7) is 8.30. The first kappa shape index (κ1) is 16.1. The predicted molar refractivity (Wildman–Crippen MR) is 89.4 cm³/mol. The van der Waals surface area contributed by atoms with E-state index in [0.29, 0.717) is 18.6 Å². The van der Waals surface area contributed by atoms with Crippen LogP contribution in [0.1, 0.15) is 25.8 Å². The highest BCUT2D eigenvalue weighted by Crippen LogP contribution is 2.27. The minimum atomic E-state index is 0.00373. The van der Waals surface area contributed by atoms with Crippen molar-refractivity contribution >= 4 is 11.4 Å². The summed E-state index contributed by atoms with van der Waals surface area (Å²) >= 11 is 0. The van der Waals surface area contributed by atoms with Gasteiger partial charge >= 0.3 is 0 Å². The fraction of sp³-hybridized carbons (Fsp3) is 0.263. The molecule has 1 aromatic heterocycles. The van der Waals surface area contributed by atoms with Gasteiger partial charge in [0.05, 0.1) is 18.4 Å². The monoisotopic (exact) mass is 295 g/mol. The van der Waals surface area contributed by atoms with Crippen LogP contribution in [-0.4, -0.2) is 23.5 Å².